The lowest BCUT2D eigenvalue weighted by molar-refractivity contribution is 0.118. The zero-order chi connectivity index (χ0) is 11.9. The van der Waals surface area contributed by atoms with Crippen molar-refractivity contribution in [3.8, 4) is 5.75 Å². The molecule has 0 aliphatic carbocycles. The highest BCUT2D eigenvalue weighted by atomic mass is 19.1. The van der Waals surface area contributed by atoms with E-state index in [4.69, 9.17) is 4.74 Å². The lowest BCUT2D eigenvalue weighted by Gasteiger charge is -2.22. The summed E-state index contributed by atoms with van der Waals surface area (Å²) in [6.07, 6.45) is 1.56. The summed E-state index contributed by atoms with van der Waals surface area (Å²) in [4.78, 5) is 2.76. The monoisotopic (exact) mass is 225 g/mol. The quantitative estimate of drug-likeness (QED) is 0.787. The predicted octanol–water partition coefficient (Wildman–Crippen LogP) is 3.62. The average molecular weight is 225 g/mol. The number of fused-ring (bicyclic) bond motifs is 1. The minimum Gasteiger partial charge on any atom is -0.482 e. The van der Waals surface area contributed by atoms with Gasteiger partial charge in [-0.25, -0.2) is 8.78 Å². The predicted molar refractivity (Wildman–Crippen MR) is 58.6 cm³/mol. The fraction of sp³-hybridized carbons (Fsp3) is 0.333. The number of nitrogens with one attached hydrogen (secondary N) is 1. The Morgan fingerprint density at radius 1 is 1.25 bits per heavy atom. The van der Waals surface area contributed by atoms with Gasteiger partial charge >= 0.3 is 0 Å². The van der Waals surface area contributed by atoms with Crippen molar-refractivity contribution in [2.24, 2.45) is 0 Å². The van der Waals surface area contributed by atoms with Crippen molar-refractivity contribution in [1.29, 1.82) is 0 Å². The van der Waals surface area contributed by atoms with Crippen molar-refractivity contribution in [3.05, 3.63) is 30.0 Å². The summed E-state index contributed by atoms with van der Waals surface area (Å²) < 4.78 is 32.8. The second-order valence-electron chi connectivity index (χ2n) is 4.65. The maximum atomic E-state index is 13.9. The molecule has 1 aromatic carbocycles. The summed E-state index contributed by atoms with van der Waals surface area (Å²) in [5.74, 6) is -1.67. The number of H-pyrrole nitrogens is 1. The highest BCUT2D eigenvalue weighted by Gasteiger charge is 2.21. The molecular weight excluding hydrogens is 212 g/mol. The summed E-state index contributed by atoms with van der Waals surface area (Å²) in [7, 11) is 0. The highest BCUT2D eigenvalue weighted by Crippen LogP contribution is 2.31. The Kier molecular flexibility index (Phi) is 2.37. The topological polar surface area (TPSA) is 25.0 Å². The number of halogens is 2. The van der Waals surface area contributed by atoms with Crippen LogP contribution >= 0.6 is 0 Å². The summed E-state index contributed by atoms with van der Waals surface area (Å²) in [6.45, 7) is 5.23. The second-order valence-corrected chi connectivity index (χ2v) is 4.65. The Morgan fingerprint density at radius 2 is 1.94 bits per heavy atom. The molecule has 0 radical (unpaired) electrons. The van der Waals surface area contributed by atoms with E-state index in [0.717, 1.165) is 0 Å². The van der Waals surface area contributed by atoms with Gasteiger partial charge in [0, 0.05) is 17.6 Å². The maximum Gasteiger partial charge on any atom is 0.192 e. The van der Waals surface area contributed by atoms with Crippen LogP contribution in [0.25, 0.3) is 10.9 Å². The molecule has 2 aromatic rings. The van der Waals surface area contributed by atoms with E-state index in [9.17, 15) is 8.78 Å². The number of hydrogen-bond acceptors (Lipinski definition) is 1. The molecule has 0 bridgehead atoms. The number of aromatic amines is 1. The lowest BCUT2D eigenvalue weighted by atomic mass is 10.1. The molecule has 16 heavy (non-hydrogen) atoms. The standard InChI is InChI=1S/C12H13F2NO/c1-12(2,3)16-11-8(13)6-9-7(10(11)14)4-5-15-9/h4-6,15H,1-3H3. The van der Waals surface area contributed by atoms with Crippen molar-refractivity contribution in [1.82, 2.24) is 4.98 Å². The van der Waals surface area contributed by atoms with Gasteiger partial charge in [0.15, 0.2) is 17.4 Å². The van der Waals surface area contributed by atoms with Crippen LogP contribution < -0.4 is 4.74 Å². The van der Waals surface area contributed by atoms with Crippen molar-refractivity contribution in [3.63, 3.8) is 0 Å². The van der Waals surface area contributed by atoms with Gasteiger partial charge in [-0.05, 0) is 26.8 Å². The number of hydrogen-bond donors (Lipinski definition) is 1. The summed E-state index contributed by atoms with van der Waals surface area (Å²) in [5.41, 5.74) is -0.206. The van der Waals surface area contributed by atoms with Crippen LogP contribution in [0.15, 0.2) is 18.3 Å². The van der Waals surface area contributed by atoms with Gasteiger partial charge in [0.05, 0.1) is 5.52 Å². The van der Waals surface area contributed by atoms with Crippen LogP contribution in [-0.2, 0) is 0 Å². The number of ether oxygens (including phenoxy) is 1. The molecule has 0 saturated carbocycles. The van der Waals surface area contributed by atoms with Gasteiger partial charge in [-0.15, -0.1) is 0 Å². The molecule has 0 fully saturated rings. The Labute approximate surface area is 92.2 Å². The van der Waals surface area contributed by atoms with E-state index in [2.05, 4.69) is 4.98 Å². The van der Waals surface area contributed by atoms with Crippen LogP contribution in [0, 0.1) is 11.6 Å². The van der Waals surface area contributed by atoms with E-state index in [-0.39, 0.29) is 5.75 Å². The molecular formula is C12H13F2NO. The zero-order valence-corrected chi connectivity index (χ0v) is 9.40. The molecule has 0 spiro atoms. The van der Waals surface area contributed by atoms with E-state index in [0.29, 0.717) is 10.9 Å². The Balaban J connectivity index is 2.59. The molecule has 0 atom stereocenters. The Morgan fingerprint density at radius 3 is 2.56 bits per heavy atom. The minimum absolute atomic E-state index is 0.320. The summed E-state index contributed by atoms with van der Waals surface area (Å²) in [5, 5.41) is 0.334. The molecule has 1 N–H and O–H groups in total. The average Bonchev–Trinajstić information content (AvgIpc) is 2.58. The third kappa shape index (κ3) is 1.87. The van der Waals surface area contributed by atoms with Crippen molar-refractivity contribution < 1.29 is 13.5 Å². The lowest BCUT2D eigenvalue weighted by Crippen LogP contribution is -2.24. The summed E-state index contributed by atoms with van der Waals surface area (Å²) >= 11 is 0. The van der Waals surface area contributed by atoms with Gasteiger partial charge in [-0.3, -0.25) is 0 Å². The normalized spacial score (nSPS) is 12.1. The van der Waals surface area contributed by atoms with Crippen LogP contribution in [-0.4, -0.2) is 10.6 Å². The van der Waals surface area contributed by atoms with Gasteiger partial charge in [0.1, 0.15) is 5.60 Å². The highest BCUT2D eigenvalue weighted by molar-refractivity contribution is 5.81. The van der Waals surface area contributed by atoms with Crippen LogP contribution in [0.3, 0.4) is 0 Å². The van der Waals surface area contributed by atoms with Gasteiger partial charge in [0.2, 0.25) is 0 Å². The zero-order valence-electron chi connectivity index (χ0n) is 9.40. The van der Waals surface area contributed by atoms with Crippen molar-refractivity contribution in [2.75, 3.05) is 0 Å². The second kappa shape index (κ2) is 3.47. The van der Waals surface area contributed by atoms with Gasteiger partial charge in [-0.2, -0.15) is 0 Å². The third-order valence-electron chi connectivity index (χ3n) is 2.11. The van der Waals surface area contributed by atoms with Crippen LogP contribution in [0.2, 0.25) is 0 Å². The largest absolute Gasteiger partial charge is 0.482 e. The molecule has 0 unspecified atom stereocenters. The first-order valence-electron chi connectivity index (χ1n) is 5.02. The molecule has 1 aromatic heterocycles. The van der Waals surface area contributed by atoms with Crippen LogP contribution in [0.1, 0.15) is 20.8 Å². The van der Waals surface area contributed by atoms with Gasteiger partial charge in [0.25, 0.3) is 0 Å². The molecule has 2 rings (SSSR count). The first kappa shape index (κ1) is 10.9. The van der Waals surface area contributed by atoms with E-state index < -0.39 is 17.2 Å². The Hall–Kier alpha value is -1.58. The molecule has 2 nitrogen and oxygen atoms in total. The van der Waals surface area contributed by atoms with Crippen LogP contribution in [0.5, 0.6) is 5.75 Å². The SMILES string of the molecule is CC(C)(C)Oc1c(F)cc2[nH]ccc2c1F. The molecule has 1 heterocycles. The molecule has 0 amide bonds. The molecule has 0 aliphatic rings. The van der Waals surface area contributed by atoms with E-state index in [1.807, 2.05) is 0 Å². The smallest absolute Gasteiger partial charge is 0.192 e. The molecule has 4 heteroatoms. The van der Waals surface area contributed by atoms with Gasteiger partial charge < -0.3 is 9.72 Å². The van der Waals surface area contributed by atoms with Crippen LogP contribution in [0.4, 0.5) is 8.78 Å². The van der Waals surface area contributed by atoms with Crippen molar-refractivity contribution >= 4 is 10.9 Å². The first-order chi connectivity index (χ1) is 7.38. The first-order valence-corrected chi connectivity index (χ1v) is 5.02. The summed E-state index contributed by atoms with van der Waals surface area (Å²) in [6, 6.07) is 2.79. The maximum absolute atomic E-state index is 13.9. The Bertz CT molecular complexity index is 526. The number of rotatable bonds is 1. The fourth-order valence-corrected chi connectivity index (χ4v) is 1.51. The number of aromatic nitrogens is 1. The van der Waals surface area contributed by atoms with E-state index in [1.54, 1.807) is 33.0 Å². The molecule has 0 aliphatic heterocycles. The fourth-order valence-electron chi connectivity index (χ4n) is 1.51. The minimum atomic E-state index is -0.692. The molecule has 0 saturated heterocycles. The van der Waals surface area contributed by atoms with E-state index >= 15 is 0 Å². The van der Waals surface area contributed by atoms with Gasteiger partial charge in [-0.1, -0.05) is 0 Å². The third-order valence-corrected chi connectivity index (χ3v) is 2.11. The van der Waals surface area contributed by atoms with E-state index in [1.165, 1.54) is 6.07 Å². The van der Waals surface area contributed by atoms with Crippen molar-refractivity contribution in [2.45, 2.75) is 26.4 Å². The number of benzene rings is 1. The molecule has 86 valence electrons.